The molecule has 0 radical (unpaired) electrons. The van der Waals surface area contributed by atoms with E-state index >= 15 is 0 Å². The van der Waals surface area contributed by atoms with Crippen LogP contribution in [0.15, 0.2) is 39.5 Å². The van der Waals surface area contributed by atoms with Gasteiger partial charge in [-0.05, 0) is 41.1 Å². The minimum absolute atomic E-state index is 0.242. The lowest BCUT2D eigenvalue weighted by atomic mass is 9.98. The highest BCUT2D eigenvalue weighted by Crippen LogP contribution is 2.34. The van der Waals surface area contributed by atoms with Crippen LogP contribution in [0.2, 0.25) is 0 Å². The van der Waals surface area contributed by atoms with E-state index in [1.54, 1.807) is 19.2 Å². The maximum absolute atomic E-state index is 13.6. The first kappa shape index (κ1) is 15.6. The molecular weight excluding hydrogens is 370 g/mol. The molecule has 1 aliphatic rings. The van der Waals surface area contributed by atoms with Crippen LogP contribution < -0.4 is 10.5 Å². The van der Waals surface area contributed by atoms with E-state index in [2.05, 4.69) is 20.9 Å². The zero-order chi connectivity index (χ0) is 14.9. The second-order valence-electron chi connectivity index (χ2n) is 4.31. The third kappa shape index (κ3) is 3.27. The Kier molecular flexibility index (Phi) is 4.94. The first-order chi connectivity index (χ1) is 9.40. The molecule has 0 saturated carbocycles. The molecule has 0 fully saturated rings. The van der Waals surface area contributed by atoms with Crippen LogP contribution in [0, 0.1) is 0 Å². The summed E-state index contributed by atoms with van der Waals surface area (Å²) in [7, 11) is 0. The van der Waals surface area contributed by atoms with Crippen LogP contribution in [-0.4, -0.2) is 22.6 Å². The molecule has 0 bridgehead atoms. The molecule has 0 amide bonds. The lowest BCUT2D eigenvalue weighted by Crippen LogP contribution is -2.30. The molecule has 0 saturated heterocycles. The molecule has 1 aromatic rings. The summed E-state index contributed by atoms with van der Waals surface area (Å²) in [4.78, 5) is 3.97. The zero-order valence-electron chi connectivity index (χ0n) is 10.5. The van der Waals surface area contributed by atoms with Gasteiger partial charge in [-0.1, -0.05) is 11.6 Å². The molecule has 0 aromatic carbocycles. The minimum atomic E-state index is -1.29. The Balaban J connectivity index is 2.25. The number of aromatic nitrogens is 1. The average Bonchev–Trinajstić information content (AvgIpc) is 2.39. The predicted octanol–water partition coefficient (Wildman–Crippen LogP) is 4.20. The van der Waals surface area contributed by atoms with Crippen LogP contribution in [-0.2, 0) is 0 Å². The Hall–Kier alpha value is -0.780. The Morgan fingerprint density at radius 2 is 2.25 bits per heavy atom. The highest BCUT2D eigenvalue weighted by Gasteiger charge is 2.31. The maximum Gasteiger partial charge on any atom is 0.166 e. The first-order valence-corrected chi connectivity index (χ1v) is 7.44. The van der Waals surface area contributed by atoms with Crippen LogP contribution in [0.25, 0.3) is 0 Å². The second kappa shape index (κ2) is 6.33. The quantitative estimate of drug-likeness (QED) is 0.798. The van der Waals surface area contributed by atoms with Crippen LogP contribution in [0.5, 0.6) is 5.75 Å². The lowest BCUT2D eigenvalue weighted by Gasteiger charge is -2.26. The van der Waals surface area contributed by atoms with Gasteiger partial charge in [-0.15, -0.1) is 11.6 Å². The summed E-state index contributed by atoms with van der Waals surface area (Å²) in [5.74, 6) is 0.628. The molecule has 2 N–H and O–H groups in total. The smallest absolute Gasteiger partial charge is 0.166 e. The molecule has 2 rings (SSSR count). The standard InChI is InChI=1S/C13H12BrCl2FN2O/c1-6(11-8(15)2-3-9(17)12(11)16)20-10-4-7(14)5-19-13(10)18/h2-6,9,12H,1H3,(H2,18,19)/t6-,9?,12?/m1/s1. The van der Waals surface area contributed by atoms with Crippen molar-refractivity contribution >= 4 is 44.9 Å². The number of ether oxygens (including phenoxy) is 1. The lowest BCUT2D eigenvalue weighted by molar-refractivity contribution is 0.244. The van der Waals surface area contributed by atoms with E-state index in [1.807, 2.05) is 0 Å². The molecule has 1 heterocycles. The number of hydrogen-bond donors (Lipinski definition) is 1. The molecule has 2 unspecified atom stereocenters. The van der Waals surface area contributed by atoms with Gasteiger partial charge in [0, 0.05) is 21.3 Å². The third-order valence-corrected chi connectivity index (χ3v) is 4.12. The van der Waals surface area contributed by atoms with Gasteiger partial charge in [-0.25, -0.2) is 9.37 Å². The van der Waals surface area contributed by atoms with Gasteiger partial charge in [0.15, 0.2) is 11.6 Å². The van der Waals surface area contributed by atoms with E-state index < -0.39 is 17.7 Å². The highest BCUT2D eigenvalue weighted by atomic mass is 79.9. The number of nitrogen functional groups attached to an aromatic ring is 1. The minimum Gasteiger partial charge on any atom is -0.482 e. The SMILES string of the molecule is C[C@@H](Oc1cc(Br)cnc1N)C1=C(Cl)C=CC(F)C1Cl. The van der Waals surface area contributed by atoms with Crippen molar-refractivity contribution in [3.05, 3.63) is 39.5 Å². The molecule has 108 valence electrons. The summed E-state index contributed by atoms with van der Waals surface area (Å²) in [6, 6.07) is 1.68. The zero-order valence-corrected chi connectivity index (χ0v) is 13.6. The van der Waals surface area contributed by atoms with Gasteiger partial charge in [-0.2, -0.15) is 0 Å². The molecular formula is C13H12BrCl2FN2O. The summed E-state index contributed by atoms with van der Waals surface area (Å²) < 4.78 is 20.1. The number of allylic oxidation sites excluding steroid dienone is 3. The van der Waals surface area contributed by atoms with E-state index in [9.17, 15) is 4.39 Å². The summed E-state index contributed by atoms with van der Waals surface area (Å²) in [5, 5.41) is -0.475. The van der Waals surface area contributed by atoms with Gasteiger partial charge in [0.2, 0.25) is 0 Å². The fraction of sp³-hybridized carbons (Fsp3) is 0.308. The Morgan fingerprint density at radius 3 is 2.95 bits per heavy atom. The topological polar surface area (TPSA) is 48.1 Å². The van der Waals surface area contributed by atoms with Crippen molar-refractivity contribution in [2.45, 2.75) is 24.6 Å². The van der Waals surface area contributed by atoms with Crippen LogP contribution in [0.4, 0.5) is 10.2 Å². The maximum atomic E-state index is 13.6. The Bertz CT molecular complexity index is 579. The molecule has 1 aliphatic carbocycles. The molecule has 0 aliphatic heterocycles. The average molecular weight is 382 g/mol. The van der Waals surface area contributed by atoms with Gasteiger partial charge < -0.3 is 10.5 Å². The van der Waals surface area contributed by atoms with Crippen molar-refractivity contribution in [1.29, 1.82) is 0 Å². The summed E-state index contributed by atoms with van der Waals surface area (Å²) >= 11 is 15.4. The van der Waals surface area contributed by atoms with Gasteiger partial charge in [0.25, 0.3) is 0 Å². The van der Waals surface area contributed by atoms with Gasteiger partial charge >= 0.3 is 0 Å². The number of rotatable bonds is 3. The molecule has 7 heteroatoms. The summed E-state index contributed by atoms with van der Waals surface area (Å²) in [6.07, 6.45) is 2.56. The van der Waals surface area contributed by atoms with Crippen molar-refractivity contribution in [2.24, 2.45) is 0 Å². The van der Waals surface area contributed by atoms with Gasteiger partial charge in [0.1, 0.15) is 12.3 Å². The number of halogens is 4. The van der Waals surface area contributed by atoms with Crippen molar-refractivity contribution in [3.63, 3.8) is 0 Å². The van der Waals surface area contributed by atoms with Crippen LogP contribution in [0.1, 0.15) is 6.92 Å². The monoisotopic (exact) mass is 380 g/mol. The fourth-order valence-electron chi connectivity index (χ4n) is 1.87. The van der Waals surface area contributed by atoms with Crippen LogP contribution >= 0.6 is 39.1 Å². The van der Waals surface area contributed by atoms with Crippen molar-refractivity contribution in [2.75, 3.05) is 5.73 Å². The van der Waals surface area contributed by atoms with E-state index in [4.69, 9.17) is 33.7 Å². The van der Waals surface area contributed by atoms with E-state index in [-0.39, 0.29) is 5.82 Å². The largest absolute Gasteiger partial charge is 0.482 e. The highest BCUT2D eigenvalue weighted by molar-refractivity contribution is 9.10. The fourth-order valence-corrected chi connectivity index (χ4v) is 2.96. The van der Waals surface area contributed by atoms with Crippen molar-refractivity contribution in [1.82, 2.24) is 4.98 Å². The number of anilines is 1. The molecule has 1 aromatic heterocycles. The first-order valence-electron chi connectivity index (χ1n) is 5.83. The van der Waals surface area contributed by atoms with Crippen LogP contribution in [0.3, 0.4) is 0 Å². The summed E-state index contributed by atoms with van der Waals surface area (Å²) in [6.45, 7) is 1.74. The normalized spacial score (nSPS) is 23.9. The van der Waals surface area contributed by atoms with Crippen molar-refractivity contribution < 1.29 is 9.13 Å². The number of pyridine rings is 1. The molecule has 0 spiro atoms. The molecule has 20 heavy (non-hydrogen) atoms. The Labute approximate surface area is 134 Å². The number of nitrogens with two attached hydrogens (primary N) is 1. The molecule has 3 nitrogen and oxygen atoms in total. The summed E-state index contributed by atoms with van der Waals surface area (Å²) in [5.41, 5.74) is 6.23. The van der Waals surface area contributed by atoms with E-state index in [1.165, 1.54) is 12.2 Å². The predicted molar refractivity (Wildman–Crippen MR) is 83.0 cm³/mol. The van der Waals surface area contributed by atoms with Crippen molar-refractivity contribution in [3.8, 4) is 5.75 Å². The number of hydrogen-bond acceptors (Lipinski definition) is 3. The second-order valence-corrected chi connectivity index (χ2v) is 6.10. The van der Waals surface area contributed by atoms with E-state index in [0.717, 1.165) is 4.47 Å². The van der Waals surface area contributed by atoms with E-state index in [0.29, 0.717) is 16.4 Å². The molecule has 3 atom stereocenters. The van der Waals surface area contributed by atoms with Gasteiger partial charge in [0.05, 0.1) is 5.38 Å². The third-order valence-electron chi connectivity index (χ3n) is 2.87. The number of nitrogens with zero attached hydrogens (tertiary/aromatic N) is 1. The number of alkyl halides is 2. The Morgan fingerprint density at radius 1 is 1.55 bits per heavy atom. The van der Waals surface area contributed by atoms with Gasteiger partial charge in [-0.3, -0.25) is 0 Å².